The van der Waals surface area contributed by atoms with Crippen molar-refractivity contribution in [2.45, 2.75) is 74.0 Å². The molecule has 1 unspecified atom stereocenters. The molecule has 0 aliphatic heterocycles. The van der Waals surface area contributed by atoms with E-state index in [9.17, 15) is 29.7 Å². The first kappa shape index (κ1) is 30.9. The summed E-state index contributed by atoms with van der Waals surface area (Å²) in [6.45, 7) is 3.42. The smallest absolute Gasteiger partial charge is 0.348 e. The summed E-state index contributed by atoms with van der Waals surface area (Å²) in [5, 5.41) is 32.0. The largest absolute Gasteiger partial charge is 0.506 e. The number of carbonyl (C=O) groups excluding carboxylic acids is 2. The zero-order valence-electron chi connectivity index (χ0n) is 24.4. The van der Waals surface area contributed by atoms with Crippen LogP contribution in [0.1, 0.15) is 61.9 Å². The summed E-state index contributed by atoms with van der Waals surface area (Å²) in [6, 6.07) is 11.6. The molecule has 4 aliphatic carbocycles. The Kier molecular flexibility index (Phi) is 7.54. The normalized spacial score (nSPS) is 35.7. The van der Waals surface area contributed by atoms with Gasteiger partial charge in [-0.1, -0.05) is 42.3 Å². The number of phenols is 1. The Hall–Kier alpha value is -3.14. The third-order valence-corrected chi connectivity index (χ3v) is 12.3. The van der Waals surface area contributed by atoms with Crippen LogP contribution in [-0.4, -0.2) is 50.4 Å². The standard InChI is InChI=1S/C34H34ClFO7S/c1-31-13-11-22(37)15-21(31)7-9-25-24-12-14-33(30(41)42,32(24,2)17-28(39)34(25,31)36)43-29(40)20-5-3-19(4-6-20)18-44-23-8-10-27(38)26(35)16-23/h3-6,8,10-11,13,15-16,24-25,28,38-39H,7,9,12,14,17-18H2,1-2H3,(H,41,42)/t24-,25-,28-,31-,32-,33+,34?/m0/s1. The van der Waals surface area contributed by atoms with Crippen LogP contribution in [0.2, 0.25) is 5.02 Å². The summed E-state index contributed by atoms with van der Waals surface area (Å²) >= 11 is 7.49. The lowest BCUT2D eigenvalue weighted by Gasteiger charge is -2.62. The number of alkyl halides is 1. The van der Waals surface area contributed by atoms with E-state index in [4.69, 9.17) is 16.3 Å². The number of phenolic OH excluding ortho intramolecular Hbond substituents is 1. The maximum Gasteiger partial charge on any atom is 0.348 e. The van der Waals surface area contributed by atoms with Crippen molar-refractivity contribution in [1.82, 2.24) is 0 Å². The Morgan fingerprint density at radius 1 is 1.11 bits per heavy atom. The maximum atomic E-state index is 17.4. The van der Waals surface area contributed by atoms with E-state index in [1.807, 2.05) is 0 Å². The second-order valence-electron chi connectivity index (χ2n) is 12.9. The third kappa shape index (κ3) is 4.45. The molecule has 0 radical (unpaired) electrons. The number of carbonyl (C=O) groups is 3. The second kappa shape index (κ2) is 10.7. The molecule has 0 heterocycles. The average Bonchev–Trinajstić information content (AvgIpc) is 3.27. The van der Waals surface area contributed by atoms with Crippen molar-refractivity contribution in [3.8, 4) is 5.75 Å². The van der Waals surface area contributed by atoms with E-state index in [0.717, 1.165) is 10.5 Å². The molecule has 0 spiro atoms. The van der Waals surface area contributed by atoms with Crippen LogP contribution < -0.4 is 0 Å². The monoisotopic (exact) mass is 640 g/mol. The van der Waals surface area contributed by atoms with Crippen LogP contribution in [0.4, 0.5) is 4.39 Å². The van der Waals surface area contributed by atoms with E-state index in [-0.39, 0.29) is 35.0 Å². The zero-order valence-corrected chi connectivity index (χ0v) is 26.0. The predicted octanol–water partition coefficient (Wildman–Crippen LogP) is 6.69. The highest BCUT2D eigenvalue weighted by Gasteiger charge is 2.76. The van der Waals surface area contributed by atoms with E-state index in [0.29, 0.717) is 30.6 Å². The van der Waals surface area contributed by atoms with E-state index < -0.39 is 52.0 Å². The Morgan fingerprint density at radius 3 is 2.52 bits per heavy atom. The lowest BCUT2D eigenvalue weighted by Crippen LogP contribution is -2.69. The molecule has 3 fully saturated rings. The van der Waals surface area contributed by atoms with Gasteiger partial charge in [0.2, 0.25) is 5.60 Å². The molecule has 7 atom stereocenters. The van der Waals surface area contributed by atoms with Crippen molar-refractivity contribution in [3.63, 3.8) is 0 Å². The number of aliphatic carboxylic acids is 1. The molecule has 232 valence electrons. The minimum Gasteiger partial charge on any atom is -0.506 e. The number of benzene rings is 2. The van der Waals surface area contributed by atoms with Gasteiger partial charge in [-0.3, -0.25) is 4.79 Å². The number of thioether (sulfide) groups is 1. The summed E-state index contributed by atoms with van der Waals surface area (Å²) < 4.78 is 23.3. The number of esters is 1. The van der Waals surface area contributed by atoms with Crippen molar-refractivity contribution in [1.29, 1.82) is 0 Å². The number of rotatable bonds is 6. The molecule has 6 rings (SSSR count). The van der Waals surface area contributed by atoms with Crippen LogP contribution in [-0.2, 0) is 20.1 Å². The number of aliphatic hydroxyl groups excluding tert-OH is 1. The lowest BCUT2D eigenvalue weighted by molar-refractivity contribution is -0.222. The van der Waals surface area contributed by atoms with E-state index in [1.54, 1.807) is 56.3 Å². The van der Waals surface area contributed by atoms with Gasteiger partial charge in [0.05, 0.1) is 16.7 Å². The first-order valence-corrected chi connectivity index (χ1v) is 16.1. The van der Waals surface area contributed by atoms with E-state index in [2.05, 4.69) is 0 Å². The topological polar surface area (TPSA) is 121 Å². The number of aromatic hydroxyl groups is 1. The Labute approximate surface area is 264 Å². The number of carboxylic acids is 1. The molecule has 2 aromatic carbocycles. The number of ketones is 1. The van der Waals surface area contributed by atoms with Gasteiger partial charge in [0.25, 0.3) is 0 Å². The minimum absolute atomic E-state index is 0.00518. The Balaban J connectivity index is 1.23. The first-order chi connectivity index (χ1) is 20.7. The Bertz CT molecular complexity index is 1610. The third-order valence-electron chi connectivity index (χ3n) is 10.9. The fourth-order valence-corrected chi connectivity index (χ4v) is 9.60. The highest BCUT2D eigenvalue weighted by atomic mass is 35.5. The van der Waals surface area contributed by atoms with Crippen LogP contribution >= 0.6 is 23.4 Å². The highest BCUT2D eigenvalue weighted by molar-refractivity contribution is 7.98. The lowest BCUT2D eigenvalue weighted by atomic mass is 9.45. The summed E-state index contributed by atoms with van der Waals surface area (Å²) in [5.41, 5.74) is -4.72. The molecule has 3 N–H and O–H groups in total. The summed E-state index contributed by atoms with van der Waals surface area (Å²) in [4.78, 5) is 39.4. The first-order valence-electron chi connectivity index (χ1n) is 14.7. The van der Waals surface area contributed by atoms with Gasteiger partial charge in [-0.05, 0) is 93.0 Å². The van der Waals surface area contributed by atoms with Gasteiger partial charge in [-0.25, -0.2) is 14.0 Å². The molecule has 4 aliphatic rings. The number of hydrogen-bond donors (Lipinski definition) is 3. The Morgan fingerprint density at radius 2 is 1.84 bits per heavy atom. The number of ether oxygens (including phenoxy) is 1. The molecular formula is C34H34ClFO7S. The fourth-order valence-electron chi connectivity index (χ4n) is 8.46. The number of carboxylic acid groups (broad SMARTS) is 1. The maximum absolute atomic E-state index is 17.4. The molecule has 3 saturated carbocycles. The number of allylic oxidation sites excluding steroid dienone is 4. The van der Waals surface area contributed by atoms with E-state index >= 15 is 4.39 Å². The molecule has 0 aromatic heterocycles. The molecule has 10 heteroatoms. The molecule has 0 amide bonds. The minimum atomic E-state index is -2.10. The van der Waals surface area contributed by atoms with Crippen molar-refractivity contribution < 1.29 is 38.8 Å². The molecule has 44 heavy (non-hydrogen) atoms. The van der Waals surface area contributed by atoms with Crippen LogP contribution in [0.15, 0.2) is 71.2 Å². The second-order valence-corrected chi connectivity index (χ2v) is 14.4. The molecule has 0 bridgehead atoms. The van der Waals surface area contributed by atoms with Crippen LogP contribution in [0, 0.1) is 22.7 Å². The van der Waals surface area contributed by atoms with Crippen molar-refractivity contribution >= 4 is 41.1 Å². The zero-order chi connectivity index (χ0) is 31.7. The molecule has 0 saturated heterocycles. The number of halogens is 2. The fraction of sp³-hybridized carbons (Fsp3) is 0.441. The average molecular weight is 641 g/mol. The summed E-state index contributed by atoms with van der Waals surface area (Å²) in [6.07, 6.45) is 3.79. The molecule has 7 nitrogen and oxygen atoms in total. The SMILES string of the molecule is C[C@]12C=CC(=O)C=C1CC[C@H]1[C@@H]3CC[C@@](OC(=O)c4ccc(CSc5ccc(O)c(Cl)c5)cc4)(C(=O)O)[C@@]3(C)C[C@H](O)C12F. The number of aliphatic hydroxyl groups is 1. The highest BCUT2D eigenvalue weighted by Crippen LogP contribution is 2.70. The van der Waals surface area contributed by atoms with Crippen LogP contribution in [0.5, 0.6) is 5.75 Å². The molecular weight excluding hydrogens is 607 g/mol. The van der Waals surface area contributed by atoms with E-state index in [1.165, 1.54) is 30.0 Å². The predicted molar refractivity (Wildman–Crippen MR) is 163 cm³/mol. The van der Waals surface area contributed by atoms with Gasteiger partial charge in [0, 0.05) is 27.4 Å². The summed E-state index contributed by atoms with van der Waals surface area (Å²) in [5.74, 6) is -2.88. The van der Waals surface area contributed by atoms with Gasteiger partial charge in [-0.15, -0.1) is 11.8 Å². The van der Waals surface area contributed by atoms with Gasteiger partial charge in [-0.2, -0.15) is 0 Å². The van der Waals surface area contributed by atoms with Gasteiger partial charge < -0.3 is 20.1 Å². The molecule has 2 aromatic rings. The van der Waals surface area contributed by atoms with Crippen LogP contribution in [0.25, 0.3) is 0 Å². The van der Waals surface area contributed by atoms with Crippen LogP contribution in [0.3, 0.4) is 0 Å². The van der Waals surface area contributed by atoms with Gasteiger partial charge in [0.15, 0.2) is 11.5 Å². The van der Waals surface area contributed by atoms with Gasteiger partial charge in [0.1, 0.15) is 5.75 Å². The number of hydrogen-bond acceptors (Lipinski definition) is 7. The van der Waals surface area contributed by atoms with Gasteiger partial charge >= 0.3 is 11.9 Å². The van der Waals surface area contributed by atoms with Crippen molar-refractivity contribution in [2.24, 2.45) is 22.7 Å². The number of fused-ring (bicyclic) bond motifs is 5. The quantitative estimate of drug-likeness (QED) is 0.236. The summed E-state index contributed by atoms with van der Waals surface area (Å²) in [7, 11) is 0. The van der Waals surface area contributed by atoms with Crippen molar-refractivity contribution in [2.75, 3.05) is 0 Å². The van der Waals surface area contributed by atoms with Crippen molar-refractivity contribution in [3.05, 3.63) is 82.4 Å².